The number of aryl methyl sites for hydroxylation is 1. The number of hydrogen-bond donors (Lipinski definition) is 4. The first-order chi connectivity index (χ1) is 7.65. The lowest BCUT2D eigenvalue weighted by atomic mass is 10.2. The summed E-state index contributed by atoms with van der Waals surface area (Å²) in [6.07, 6.45) is 1.20. The summed E-state index contributed by atoms with van der Waals surface area (Å²) in [6.45, 7) is 4.43. The van der Waals surface area contributed by atoms with Crippen LogP contribution in [0.25, 0.3) is 0 Å². The van der Waals surface area contributed by atoms with Crippen molar-refractivity contribution in [3.05, 3.63) is 11.9 Å². The molecule has 1 aromatic heterocycles. The smallest absolute Gasteiger partial charge is 0.145 e. The summed E-state index contributed by atoms with van der Waals surface area (Å²) < 4.78 is 0. The lowest BCUT2D eigenvalue weighted by molar-refractivity contribution is 0.164. The maximum absolute atomic E-state index is 9.39. The third-order valence-electron chi connectivity index (χ3n) is 2.24. The Morgan fingerprint density at radius 2 is 2.12 bits per heavy atom. The van der Waals surface area contributed by atoms with Crippen molar-refractivity contribution in [2.45, 2.75) is 32.8 Å². The molecular formula is C10H19N5O. The van der Waals surface area contributed by atoms with Gasteiger partial charge in [0.15, 0.2) is 0 Å². The van der Waals surface area contributed by atoms with E-state index in [2.05, 4.69) is 20.7 Å². The number of rotatable bonds is 6. The summed E-state index contributed by atoms with van der Waals surface area (Å²) in [5.41, 5.74) is 2.48. The zero-order chi connectivity index (χ0) is 12.0. The number of nitrogens with zero attached hydrogens (tertiary/aromatic N) is 2. The summed E-state index contributed by atoms with van der Waals surface area (Å²) >= 11 is 0. The van der Waals surface area contributed by atoms with Crippen LogP contribution < -0.4 is 16.6 Å². The fraction of sp³-hybridized carbons (Fsp3) is 0.600. The van der Waals surface area contributed by atoms with E-state index in [0.29, 0.717) is 30.4 Å². The monoisotopic (exact) mass is 225 g/mol. The molecule has 0 radical (unpaired) electrons. The van der Waals surface area contributed by atoms with Crippen LogP contribution in [-0.2, 0) is 0 Å². The summed E-state index contributed by atoms with van der Waals surface area (Å²) in [4.78, 5) is 8.28. The molecule has 0 fully saturated rings. The highest BCUT2D eigenvalue weighted by Gasteiger charge is 2.02. The highest BCUT2D eigenvalue weighted by molar-refractivity contribution is 5.46. The maximum atomic E-state index is 9.39. The highest BCUT2D eigenvalue weighted by atomic mass is 16.3. The van der Waals surface area contributed by atoms with Crippen molar-refractivity contribution in [3.8, 4) is 0 Å². The number of hydrazine groups is 1. The molecule has 90 valence electrons. The topological polar surface area (TPSA) is 96.1 Å². The zero-order valence-corrected chi connectivity index (χ0v) is 9.70. The van der Waals surface area contributed by atoms with Crippen LogP contribution in [-0.4, -0.2) is 27.7 Å². The lowest BCUT2D eigenvalue weighted by Crippen LogP contribution is -2.14. The lowest BCUT2D eigenvalue weighted by Gasteiger charge is -2.10. The van der Waals surface area contributed by atoms with Gasteiger partial charge in [-0.2, -0.15) is 0 Å². The van der Waals surface area contributed by atoms with Crippen LogP contribution in [0.5, 0.6) is 0 Å². The van der Waals surface area contributed by atoms with Gasteiger partial charge in [-0.15, -0.1) is 0 Å². The predicted octanol–water partition coefficient (Wildman–Crippen LogP) is 0.644. The number of nitrogen functional groups attached to an aromatic ring is 1. The molecule has 0 aliphatic heterocycles. The van der Waals surface area contributed by atoms with Crippen LogP contribution in [0.4, 0.5) is 11.6 Å². The molecule has 1 rings (SSSR count). The van der Waals surface area contributed by atoms with Gasteiger partial charge in [-0.1, -0.05) is 6.92 Å². The van der Waals surface area contributed by atoms with E-state index >= 15 is 0 Å². The standard InChI is InChI=1S/C10H19N5O/c1-3-8(16)4-5-12-9-6-10(15-11)14-7(2)13-9/h6,8,16H,3-5,11H2,1-2H3,(H2,12,13,14,15). The second-order valence-corrected chi connectivity index (χ2v) is 3.61. The number of aliphatic hydroxyl groups excluding tert-OH is 1. The minimum absolute atomic E-state index is 0.262. The maximum Gasteiger partial charge on any atom is 0.145 e. The van der Waals surface area contributed by atoms with Gasteiger partial charge in [0.05, 0.1) is 6.10 Å². The van der Waals surface area contributed by atoms with Gasteiger partial charge in [-0.25, -0.2) is 15.8 Å². The molecule has 0 saturated carbocycles. The molecule has 0 aliphatic rings. The van der Waals surface area contributed by atoms with Crippen LogP contribution in [0.2, 0.25) is 0 Å². The number of hydrogen-bond acceptors (Lipinski definition) is 6. The Balaban J connectivity index is 2.50. The average molecular weight is 225 g/mol. The van der Waals surface area contributed by atoms with E-state index in [1.807, 2.05) is 6.92 Å². The van der Waals surface area contributed by atoms with Crippen molar-refractivity contribution in [1.29, 1.82) is 0 Å². The van der Waals surface area contributed by atoms with Crippen molar-refractivity contribution < 1.29 is 5.11 Å². The summed E-state index contributed by atoms with van der Waals surface area (Å²) in [5, 5.41) is 12.5. The van der Waals surface area contributed by atoms with E-state index in [4.69, 9.17) is 5.84 Å². The van der Waals surface area contributed by atoms with Gasteiger partial charge < -0.3 is 15.8 Å². The first-order valence-electron chi connectivity index (χ1n) is 5.40. The van der Waals surface area contributed by atoms with E-state index in [1.54, 1.807) is 13.0 Å². The molecule has 0 bridgehead atoms. The first-order valence-corrected chi connectivity index (χ1v) is 5.40. The van der Waals surface area contributed by atoms with Crippen molar-refractivity contribution in [1.82, 2.24) is 9.97 Å². The van der Waals surface area contributed by atoms with Crippen LogP contribution in [0.15, 0.2) is 6.07 Å². The Morgan fingerprint density at radius 1 is 1.44 bits per heavy atom. The molecule has 6 nitrogen and oxygen atoms in total. The van der Waals surface area contributed by atoms with Crippen molar-refractivity contribution in [3.63, 3.8) is 0 Å². The van der Waals surface area contributed by atoms with E-state index in [0.717, 1.165) is 6.42 Å². The van der Waals surface area contributed by atoms with E-state index in [1.165, 1.54) is 0 Å². The number of anilines is 2. The van der Waals surface area contributed by atoms with E-state index in [-0.39, 0.29) is 6.10 Å². The zero-order valence-electron chi connectivity index (χ0n) is 9.70. The van der Waals surface area contributed by atoms with Crippen molar-refractivity contribution in [2.24, 2.45) is 5.84 Å². The molecule has 1 atom stereocenters. The van der Waals surface area contributed by atoms with Crippen LogP contribution in [0, 0.1) is 6.92 Å². The molecule has 0 spiro atoms. The van der Waals surface area contributed by atoms with Crippen molar-refractivity contribution in [2.75, 3.05) is 17.3 Å². The molecule has 1 aromatic rings. The molecule has 0 amide bonds. The Morgan fingerprint density at radius 3 is 2.75 bits per heavy atom. The van der Waals surface area contributed by atoms with Gasteiger partial charge in [-0.05, 0) is 19.8 Å². The minimum Gasteiger partial charge on any atom is -0.393 e. The number of nitrogens with two attached hydrogens (primary N) is 1. The molecule has 1 unspecified atom stereocenters. The largest absolute Gasteiger partial charge is 0.393 e. The number of aliphatic hydroxyl groups is 1. The van der Waals surface area contributed by atoms with Gasteiger partial charge in [0.2, 0.25) is 0 Å². The Hall–Kier alpha value is -1.40. The SMILES string of the molecule is CCC(O)CCNc1cc(NN)nc(C)n1. The van der Waals surface area contributed by atoms with E-state index < -0.39 is 0 Å². The van der Waals surface area contributed by atoms with Gasteiger partial charge >= 0.3 is 0 Å². The molecule has 16 heavy (non-hydrogen) atoms. The normalized spacial score (nSPS) is 12.2. The van der Waals surface area contributed by atoms with Crippen LogP contribution in [0.1, 0.15) is 25.6 Å². The highest BCUT2D eigenvalue weighted by Crippen LogP contribution is 2.10. The van der Waals surface area contributed by atoms with Crippen LogP contribution >= 0.6 is 0 Å². The summed E-state index contributed by atoms with van der Waals surface area (Å²) in [7, 11) is 0. The minimum atomic E-state index is -0.262. The Bertz CT molecular complexity index is 331. The molecule has 6 heteroatoms. The summed E-state index contributed by atoms with van der Waals surface area (Å²) in [5.74, 6) is 7.21. The third kappa shape index (κ3) is 4.00. The molecule has 0 aliphatic carbocycles. The first kappa shape index (κ1) is 12.7. The molecule has 0 aromatic carbocycles. The molecule has 0 saturated heterocycles. The average Bonchev–Trinajstić information content (AvgIpc) is 2.28. The van der Waals surface area contributed by atoms with Crippen LogP contribution in [0.3, 0.4) is 0 Å². The molecular weight excluding hydrogens is 206 g/mol. The fourth-order valence-corrected chi connectivity index (χ4v) is 1.30. The van der Waals surface area contributed by atoms with Gasteiger partial charge in [0, 0.05) is 12.6 Å². The second-order valence-electron chi connectivity index (χ2n) is 3.61. The third-order valence-corrected chi connectivity index (χ3v) is 2.24. The van der Waals surface area contributed by atoms with Gasteiger partial charge in [-0.3, -0.25) is 0 Å². The second kappa shape index (κ2) is 6.24. The fourth-order valence-electron chi connectivity index (χ4n) is 1.30. The van der Waals surface area contributed by atoms with Crippen molar-refractivity contribution >= 4 is 11.6 Å². The molecule has 5 N–H and O–H groups in total. The Kier molecular flexibility index (Phi) is 4.94. The number of aromatic nitrogens is 2. The quantitative estimate of drug-likeness (QED) is 0.419. The summed E-state index contributed by atoms with van der Waals surface area (Å²) in [6, 6.07) is 1.73. The number of nitrogens with one attached hydrogen (secondary N) is 2. The van der Waals surface area contributed by atoms with E-state index in [9.17, 15) is 5.11 Å². The Labute approximate surface area is 95.3 Å². The van der Waals surface area contributed by atoms with Gasteiger partial charge in [0.1, 0.15) is 17.5 Å². The molecule has 1 heterocycles. The predicted molar refractivity (Wildman–Crippen MR) is 64.0 cm³/mol. The van der Waals surface area contributed by atoms with Gasteiger partial charge in [0.25, 0.3) is 0 Å².